The molecule has 0 saturated carbocycles. The van der Waals surface area contributed by atoms with E-state index in [1.165, 1.54) is 0 Å². The highest BCUT2D eigenvalue weighted by atomic mass is 16.6. The summed E-state index contributed by atoms with van der Waals surface area (Å²) in [6.07, 6.45) is 1.53. The van der Waals surface area contributed by atoms with E-state index in [2.05, 4.69) is 0 Å². The van der Waals surface area contributed by atoms with Crippen LogP contribution in [0.15, 0.2) is 0 Å². The van der Waals surface area contributed by atoms with Crippen LogP contribution in [0.1, 0.15) is 40.0 Å². The Labute approximate surface area is 89.9 Å². The Bertz CT molecular complexity index is 261. The van der Waals surface area contributed by atoms with Gasteiger partial charge in [-0.05, 0) is 20.3 Å². The van der Waals surface area contributed by atoms with Crippen molar-refractivity contribution in [1.82, 2.24) is 0 Å². The molecule has 0 amide bonds. The number of cyclic esters (lactones) is 1. The van der Waals surface area contributed by atoms with Crippen LogP contribution in [-0.2, 0) is 19.1 Å². The number of hydrogen-bond donors (Lipinski definition) is 0. The van der Waals surface area contributed by atoms with Gasteiger partial charge in [0.05, 0.1) is 6.61 Å². The normalized spacial score (nSPS) is 30.1. The Morgan fingerprint density at radius 2 is 2.27 bits per heavy atom. The second kappa shape index (κ2) is 4.64. The van der Waals surface area contributed by atoms with Crippen LogP contribution >= 0.6 is 0 Å². The molecule has 4 nitrogen and oxygen atoms in total. The maximum Gasteiger partial charge on any atom is 0.323 e. The first kappa shape index (κ1) is 12.0. The molecule has 0 N–H and O–H groups in total. The molecule has 15 heavy (non-hydrogen) atoms. The lowest BCUT2D eigenvalue weighted by molar-refractivity contribution is -0.165. The molecule has 1 saturated heterocycles. The van der Waals surface area contributed by atoms with E-state index in [0.29, 0.717) is 19.4 Å². The minimum Gasteiger partial charge on any atom is -0.465 e. The van der Waals surface area contributed by atoms with Crippen molar-refractivity contribution in [2.45, 2.75) is 46.1 Å². The van der Waals surface area contributed by atoms with E-state index in [1.807, 2.05) is 6.92 Å². The Morgan fingerprint density at radius 3 is 2.67 bits per heavy atom. The minimum atomic E-state index is -1.04. The summed E-state index contributed by atoms with van der Waals surface area (Å²) in [5.74, 6) is -0.850. The third-order valence-corrected chi connectivity index (χ3v) is 2.68. The maximum absolute atomic E-state index is 11.8. The fraction of sp³-hybridized carbons (Fsp3) is 0.818. The molecule has 0 unspecified atom stereocenters. The molecule has 0 radical (unpaired) electrons. The third kappa shape index (κ3) is 2.13. The fourth-order valence-electron chi connectivity index (χ4n) is 2.08. The summed E-state index contributed by atoms with van der Waals surface area (Å²) in [6.45, 7) is 5.78. The number of ether oxygens (including phenoxy) is 2. The summed E-state index contributed by atoms with van der Waals surface area (Å²) in [5.41, 5.74) is -1.04. The molecule has 86 valence electrons. The molecule has 0 aromatic rings. The number of carbonyl (C=O) groups is 2. The highest BCUT2D eigenvalue weighted by Gasteiger charge is 2.54. The quantitative estimate of drug-likeness (QED) is 0.527. The van der Waals surface area contributed by atoms with Gasteiger partial charge in [0.1, 0.15) is 6.10 Å². The molecule has 4 heteroatoms. The van der Waals surface area contributed by atoms with Crippen molar-refractivity contribution in [1.29, 1.82) is 0 Å². The minimum absolute atomic E-state index is 0.187. The number of carbonyl (C=O) groups excluding carboxylic acids is 2. The summed E-state index contributed by atoms with van der Waals surface area (Å²) in [7, 11) is 0. The van der Waals surface area contributed by atoms with E-state index in [4.69, 9.17) is 9.47 Å². The zero-order chi connectivity index (χ0) is 11.5. The molecule has 1 rings (SSSR count). The molecule has 1 aliphatic heterocycles. The molecule has 1 fully saturated rings. The predicted molar refractivity (Wildman–Crippen MR) is 54.1 cm³/mol. The molecule has 0 aromatic heterocycles. The predicted octanol–water partition coefficient (Wildman–Crippen LogP) is 1.67. The van der Waals surface area contributed by atoms with Crippen LogP contribution in [0.2, 0.25) is 0 Å². The fourth-order valence-corrected chi connectivity index (χ4v) is 2.08. The highest BCUT2D eigenvalue weighted by Crippen LogP contribution is 2.39. The van der Waals surface area contributed by atoms with Gasteiger partial charge in [0.15, 0.2) is 5.41 Å². The molecule has 0 spiro atoms. The van der Waals surface area contributed by atoms with Crippen LogP contribution in [0.3, 0.4) is 0 Å². The molecule has 0 bridgehead atoms. The van der Waals surface area contributed by atoms with Crippen molar-refractivity contribution >= 4 is 11.9 Å². The van der Waals surface area contributed by atoms with Crippen molar-refractivity contribution in [2.24, 2.45) is 5.41 Å². The monoisotopic (exact) mass is 214 g/mol. The molecular weight excluding hydrogens is 196 g/mol. The Balaban J connectivity index is 2.88. The average molecular weight is 214 g/mol. The summed E-state index contributed by atoms with van der Waals surface area (Å²) in [6, 6.07) is 0. The zero-order valence-electron chi connectivity index (χ0n) is 9.54. The first-order chi connectivity index (χ1) is 7.06. The average Bonchev–Trinajstić information content (AvgIpc) is 2.43. The van der Waals surface area contributed by atoms with Crippen LogP contribution < -0.4 is 0 Å². The van der Waals surface area contributed by atoms with Crippen molar-refractivity contribution in [3.05, 3.63) is 0 Å². The van der Waals surface area contributed by atoms with Crippen molar-refractivity contribution < 1.29 is 19.1 Å². The summed E-state index contributed by atoms with van der Waals surface area (Å²) in [5, 5.41) is 0. The number of hydrogen-bond acceptors (Lipinski definition) is 4. The molecule has 1 aliphatic rings. The maximum atomic E-state index is 11.8. The van der Waals surface area contributed by atoms with Gasteiger partial charge in [-0.25, -0.2) is 0 Å². The van der Waals surface area contributed by atoms with Gasteiger partial charge in [-0.15, -0.1) is 0 Å². The van der Waals surface area contributed by atoms with Gasteiger partial charge in [-0.1, -0.05) is 13.3 Å². The van der Waals surface area contributed by atoms with Gasteiger partial charge < -0.3 is 9.47 Å². The Morgan fingerprint density at radius 1 is 1.60 bits per heavy atom. The standard InChI is InChI=1S/C11H18O4/c1-4-6-11(9(12)14-5-2)7-8(3)15-10(11)13/h8H,4-7H2,1-3H3/t8-,11+/m1/s1. The first-order valence-electron chi connectivity index (χ1n) is 5.45. The summed E-state index contributed by atoms with van der Waals surface area (Å²) < 4.78 is 10.0. The van der Waals surface area contributed by atoms with Crippen LogP contribution in [0, 0.1) is 5.41 Å². The zero-order valence-corrected chi connectivity index (χ0v) is 9.54. The van der Waals surface area contributed by atoms with Gasteiger partial charge in [-0.2, -0.15) is 0 Å². The smallest absolute Gasteiger partial charge is 0.323 e. The number of rotatable bonds is 4. The van der Waals surface area contributed by atoms with Gasteiger partial charge in [0, 0.05) is 6.42 Å². The largest absolute Gasteiger partial charge is 0.465 e. The molecule has 2 atom stereocenters. The Hall–Kier alpha value is -1.06. The van der Waals surface area contributed by atoms with Crippen LogP contribution in [0.4, 0.5) is 0 Å². The van der Waals surface area contributed by atoms with Crippen LogP contribution in [0.25, 0.3) is 0 Å². The van der Waals surface area contributed by atoms with Crippen LogP contribution in [0.5, 0.6) is 0 Å². The van der Waals surface area contributed by atoms with E-state index in [-0.39, 0.29) is 6.10 Å². The van der Waals surface area contributed by atoms with E-state index in [0.717, 1.165) is 6.42 Å². The van der Waals surface area contributed by atoms with Crippen molar-refractivity contribution in [3.63, 3.8) is 0 Å². The number of esters is 2. The highest BCUT2D eigenvalue weighted by molar-refractivity contribution is 6.01. The summed E-state index contributed by atoms with van der Waals surface area (Å²) >= 11 is 0. The third-order valence-electron chi connectivity index (χ3n) is 2.68. The lowest BCUT2D eigenvalue weighted by Crippen LogP contribution is -2.37. The van der Waals surface area contributed by atoms with Crippen LogP contribution in [-0.4, -0.2) is 24.6 Å². The second-order valence-electron chi connectivity index (χ2n) is 3.97. The van der Waals surface area contributed by atoms with Gasteiger partial charge in [0.2, 0.25) is 0 Å². The van der Waals surface area contributed by atoms with E-state index in [9.17, 15) is 9.59 Å². The second-order valence-corrected chi connectivity index (χ2v) is 3.97. The molecule has 1 heterocycles. The van der Waals surface area contributed by atoms with E-state index >= 15 is 0 Å². The molecule has 0 aromatic carbocycles. The van der Waals surface area contributed by atoms with E-state index in [1.54, 1.807) is 13.8 Å². The molecule has 0 aliphatic carbocycles. The Kier molecular flexibility index (Phi) is 3.72. The lowest BCUT2D eigenvalue weighted by atomic mass is 9.80. The molecular formula is C11H18O4. The van der Waals surface area contributed by atoms with Gasteiger partial charge >= 0.3 is 11.9 Å². The summed E-state index contributed by atoms with van der Waals surface area (Å²) in [4.78, 5) is 23.5. The van der Waals surface area contributed by atoms with Gasteiger partial charge in [0.25, 0.3) is 0 Å². The van der Waals surface area contributed by atoms with E-state index < -0.39 is 17.4 Å². The first-order valence-corrected chi connectivity index (χ1v) is 5.45. The lowest BCUT2D eigenvalue weighted by Gasteiger charge is -2.21. The van der Waals surface area contributed by atoms with Crippen molar-refractivity contribution in [2.75, 3.05) is 6.61 Å². The van der Waals surface area contributed by atoms with Gasteiger partial charge in [-0.3, -0.25) is 9.59 Å². The topological polar surface area (TPSA) is 52.6 Å². The van der Waals surface area contributed by atoms with Crippen molar-refractivity contribution in [3.8, 4) is 0 Å². The SMILES string of the molecule is CCC[C@@]1(C(=O)OCC)C[C@@H](C)OC1=O.